The van der Waals surface area contributed by atoms with Gasteiger partial charge in [0.25, 0.3) is 0 Å². The van der Waals surface area contributed by atoms with Crippen molar-refractivity contribution in [3.8, 4) is 0 Å². The van der Waals surface area contributed by atoms with Crippen molar-refractivity contribution in [1.82, 2.24) is 4.90 Å². The number of aliphatic hydroxyl groups excluding tert-OH is 1. The minimum absolute atomic E-state index is 0.175. The van der Waals surface area contributed by atoms with Crippen molar-refractivity contribution in [2.24, 2.45) is 5.73 Å². The van der Waals surface area contributed by atoms with Crippen molar-refractivity contribution in [3.63, 3.8) is 0 Å². The van der Waals surface area contributed by atoms with E-state index >= 15 is 0 Å². The fourth-order valence-electron chi connectivity index (χ4n) is 1.61. The van der Waals surface area contributed by atoms with Crippen molar-refractivity contribution in [3.05, 3.63) is 35.4 Å². The second-order valence-electron chi connectivity index (χ2n) is 3.87. The number of nitrogens with two attached hydrogens (primary N) is 1. The third-order valence-electron chi connectivity index (χ3n) is 2.41. The van der Waals surface area contributed by atoms with E-state index < -0.39 is 0 Å². The topological polar surface area (TPSA) is 49.5 Å². The second-order valence-corrected chi connectivity index (χ2v) is 4.40. The molecule has 1 aromatic carbocycles. The second kappa shape index (κ2) is 6.58. The number of thiocarbonyl (C=S) groups is 1. The van der Waals surface area contributed by atoms with Gasteiger partial charge in [0.05, 0.1) is 11.6 Å². The molecule has 0 unspecified atom stereocenters. The number of hydrogen-bond acceptors (Lipinski definition) is 3. The molecule has 0 radical (unpaired) electrons. The third-order valence-corrected chi connectivity index (χ3v) is 2.55. The maximum atomic E-state index is 8.85. The van der Waals surface area contributed by atoms with Crippen LogP contribution < -0.4 is 5.73 Å². The van der Waals surface area contributed by atoms with Gasteiger partial charge >= 0.3 is 0 Å². The Bertz CT molecular complexity index is 355. The molecule has 0 heterocycles. The highest BCUT2D eigenvalue weighted by molar-refractivity contribution is 7.80. The molecule has 0 aliphatic rings. The van der Waals surface area contributed by atoms with Gasteiger partial charge in [-0.1, -0.05) is 36.5 Å². The minimum Gasteiger partial charge on any atom is -0.395 e. The first-order chi connectivity index (χ1) is 7.63. The molecule has 0 fully saturated rings. The van der Waals surface area contributed by atoms with E-state index in [1.807, 2.05) is 25.2 Å². The van der Waals surface area contributed by atoms with E-state index in [1.165, 1.54) is 11.1 Å². The Morgan fingerprint density at radius 2 is 2.00 bits per heavy atom. The summed E-state index contributed by atoms with van der Waals surface area (Å²) in [6.45, 7) is 1.65. The van der Waals surface area contributed by atoms with Crippen molar-refractivity contribution in [1.29, 1.82) is 0 Å². The van der Waals surface area contributed by atoms with Crippen LogP contribution in [0.15, 0.2) is 24.3 Å². The molecule has 3 N–H and O–H groups in total. The van der Waals surface area contributed by atoms with Gasteiger partial charge in [0.1, 0.15) is 0 Å². The van der Waals surface area contributed by atoms with Crippen LogP contribution >= 0.6 is 12.2 Å². The maximum Gasteiger partial charge on any atom is 0.0771 e. The SMILES string of the molecule is CN(CCO)Cc1ccccc1CC(N)=S. The first-order valence-corrected chi connectivity index (χ1v) is 5.68. The van der Waals surface area contributed by atoms with Crippen LogP contribution in [-0.4, -0.2) is 35.2 Å². The number of rotatable bonds is 6. The Morgan fingerprint density at radius 1 is 1.38 bits per heavy atom. The zero-order valence-corrected chi connectivity index (χ0v) is 10.3. The summed E-state index contributed by atoms with van der Waals surface area (Å²) in [6.07, 6.45) is 0.637. The van der Waals surface area contributed by atoms with Crippen molar-refractivity contribution >= 4 is 17.2 Å². The Morgan fingerprint density at radius 3 is 2.56 bits per heavy atom. The number of nitrogens with zero attached hydrogens (tertiary/aromatic N) is 1. The summed E-state index contributed by atoms with van der Waals surface area (Å²) in [7, 11) is 1.98. The molecule has 4 heteroatoms. The number of benzene rings is 1. The summed E-state index contributed by atoms with van der Waals surface area (Å²) >= 11 is 4.93. The monoisotopic (exact) mass is 238 g/mol. The molecule has 0 aliphatic carbocycles. The summed E-state index contributed by atoms with van der Waals surface area (Å²) in [5.41, 5.74) is 7.94. The number of hydrogen-bond donors (Lipinski definition) is 2. The zero-order valence-electron chi connectivity index (χ0n) is 9.52. The van der Waals surface area contributed by atoms with Crippen LogP contribution in [0.1, 0.15) is 11.1 Å². The lowest BCUT2D eigenvalue weighted by molar-refractivity contribution is 0.217. The van der Waals surface area contributed by atoms with Crippen LogP contribution in [-0.2, 0) is 13.0 Å². The normalized spacial score (nSPS) is 10.7. The molecular weight excluding hydrogens is 220 g/mol. The number of aliphatic hydroxyl groups is 1. The predicted octanol–water partition coefficient (Wildman–Crippen LogP) is 0.939. The van der Waals surface area contributed by atoms with E-state index in [2.05, 4.69) is 11.0 Å². The molecule has 0 amide bonds. The molecule has 3 nitrogen and oxygen atoms in total. The maximum absolute atomic E-state index is 8.85. The minimum atomic E-state index is 0.175. The van der Waals surface area contributed by atoms with Crippen LogP contribution in [0, 0.1) is 0 Å². The van der Waals surface area contributed by atoms with Crippen LogP contribution in [0.5, 0.6) is 0 Å². The average Bonchev–Trinajstić information content (AvgIpc) is 2.20. The lowest BCUT2D eigenvalue weighted by Gasteiger charge is -2.17. The Balaban J connectivity index is 2.74. The summed E-state index contributed by atoms with van der Waals surface area (Å²) < 4.78 is 0. The third kappa shape index (κ3) is 4.26. The molecule has 16 heavy (non-hydrogen) atoms. The summed E-state index contributed by atoms with van der Waals surface area (Å²) in [4.78, 5) is 2.58. The molecule has 0 aromatic heterocycles. The van der Waals surface area contributed by atoms with E-state index in [0.717, 1.165) is 6.54 Å². The predicted molar refractivity (Wildman–Crippen MR) is 70.4 cm³/mol. The molecule has 0 aliphatic heterocycles. The summed E-state index contributed by atoms with van der Waals surface area (Å²) in [5.74, 6) is 0. The highest BCUT2D eigenvalue weighted by atomic mass is 32.1. The highest BCUT2D eigenvalue weighted by Gasteiger charge is 2.05. The molecule has 0 spiro atoms. The van der Waals surface area contributed by atoms with Gasteiger partial charge in [0.15, 0.2) is 0 Å². The fraction of sp³-hybridized carbons (Fsp3) is 0.417. The largest absolute Gasteiger partial charge is 0.395 e. The molecule has 0 bridgehead atoms. The smallest absolute Gasteiger partial charge is 0.0771 e. The quantitative estimate of drug-likeness (QED) is 0.724. The van der Waals surface area contributed by atoms with Crippen molar-refractivity contribution in [2.45, 2.75) is 13.0 Å². The van der Waals surface area contributed by atoms with Crippen LogP contribution in [0.3, 0.4) is 0 Å². The molecule has 88 valence electrons. The number of likely N-dealkylation sites (N-methyl/N-ethyl adjacent to an activating group) is 1. The van der Waals surface area contributed by atoms with E-state index in [-0.39, 0.29) is 6.61 Å². The Labute approximate surface area is 102 Å². The molecule has 0 saturated carbocycles. The van der Waals surface area contributed by atoms with Crippen molar-refractivity contribution in [2.75, 3.05) is 20.2 Å². The van der Waals surface area contributed by atoms with Gasteiger partial charge in [-0.15, -0.1) is 0 Å². The summed E-state index contributed by atoms with van der Waals surface area (Å²) in [6, 6.07) is 8.11. The van der Waals surface area contributed by atoms with Crippen LogP contribution in [0.4, 0.5) is 0 Å². The first-order valence-electron chi connectivity index (χ1n) is 5.28. The summed E-state index contributed by atoms with van der Waals surface area (Å²) in [5, 5.41) is 8.85. The molecular formula is C12H18N2OS. The van der Waals surface area contributed by atoms with Gasteiger partial charge in [0, 0.05) is 19.5 Å². The lowest BCUT2D eigenvalue weighted by atomic mass is 10.0. The van der Waals surface area contributed by atoms with Gasteiger partial charge in [-0.2, -0.15) is 0 Å². The lowest BCUT2D eigenvalue weighted by Crippen LogP contribution is -2.23. The highest BCUT2D eigenvalue weighted by Crippen LogP contribution is 2.11. The van der Waals surface area contributed by atoms with E-state index in [9.17, 15) is 0 Å². The van der Waals surface area contributed by atoms with E-state index in [4.69, 9.17) is 23.1 Å². The first kappa shape index (κ1) is 13.1. The van der Waals surface area contributed by atoms with Gasteiger partial charge in [0.2, 0.25) is 0 Å². The van der Waals surface area contributed by atoms with Gasteiger partial charge < -0.3 is 10.8 Å². The Kier molecular flexibility index (Phi) is 5.38. The fourth-order valence-corrected chi connectivity index (χ4v) is 1.77. The van der Waals surface area contributed by atoms with E-state index in [0.29, 0.717) is 18.0 Å². The molecule has 0 saturated heterocycles. The average molecular weight is 238 g/mol. The molecule has 1 aromatic rings. The standard InChI is InChI=1S/C12H18N2OS/c1-14(6-7-15)9-11-5-3-2-4-10(11)8-12(13)16/h2-5,15H,6-9H2,1H3,(H2,13,16). The van der Waals surface area contributed by atoms with Crippen LogP contribution in [0.25, 0.3) is 0 Å². The molecule has 0 atom stereocenters. The van der Waals surface area contributed by atoms with E-state index in [1.54, 1.807) is 0 Å². The Hall–Kier alpha value is -0.970. The van der Waals surface area contributed by atoms with Gasteiger partial charge in [-0.25, -0.2) is 0 Å². The van der Waals surface area contributed by atoms with Gasteiger partial charge in [-0.3, -0.25) is 4.90 Å². The van der Waals surface area contributed by atoms with Crippen molar-refractivity contribution < 1.29 is 5.11 Å². The van der Waals surface area contributed by atoms with Gasteiger partial charge in [-0.05, 0) is 18.2 Å². The zero-order chi connectivity index (χ0) is 12.0. The molecule has 1 rings (SSSR count). The van der Waals surface area contributed by atoms with Crippen LogP contribution in [0.2, 0.25) is 0 Å².